The van der Waals surface area contributed by atoms with Crippen molar-refractivity contribution in [2.45, 2.75) is 106 Å². The first kappa shape index (κ1) is 45.3. The van der Waals surface area contributed by atoms with Crippen molar-refractivity contribution in [3.8, 4) is 16.9 Å². The van der Waals surface area contributed by atoms with Gasteiger partial charge in [-0.1, -0.05) is 109 Å². The predicted octanol–water partition coefficient (Wildman–Crippen LogP) is 9.06. The molecular weight excluding hydrogens is 661 g/mol. The molecule has 0 aromatic heterocycles. The number of benzene rings is 3. The molecule has 0 aliphatic carbocycles. The third-order valence-electron chi connectivity index (χ3n) is 9.27. The highest BCUT2D eigenvalue weighted by Gasteiger charge is 2.28. The Labute approximate surface area is 308 Å². The molecule has 284 valence electrons. The molecule has 3 unspecified atom stereocenters. The van der Waals surface area contributed by atoms with Crippen LogP contribution >= 0.6 is 0 Å². The average Bonchev–Trinajstić information content (AvgIpc) is 3.49. The third kappa shape index (κ3) is 16.5. The maximum Gasteiger partial charge on any atom is 0.326 e. The van der Waals surface area contributed by atoms with Gasteiger partial charge in [-0.15, -0.1) is 0 Å². The minimum absolute atomic E-state index is 0.191. The van der Waals surface area contributed by atoms with E-state index in [1.807, 2.05) is 87.5 Å². The van der Waals surface area contributed by atoms with Gasteiger partial charge in [0.2, 0.25) is 0 Å². The molecule has 1 saturated heterocycles. The number of para-hydroxylation sites is 1. The van der Waals surface area contributed by atoms with Gasteiger partial charge in [-0.2, -0.15) is 0 Å². The van der Waals surface area contributed by atoms with Crippen LogP contribution in [0.15, 0.2) is 72.8 Å². The van der Waals surface area contributed by atoms with Gasteiger partial charge in [0, 0.05) is 31.0 Å². The lowest BCUT2D eigenvalue weighted by molar-refractivity contribution is -0.139. The summed E-state index contributed by atoms with van der Waals surface area (Å²) >= 11 is 0. The fraction of sp³-hybridized carbons (Fsp3) is 0.524. The minimum Gasteiger partial charge on any atom is -0.497 e. The lowest BCUT2D eigenvalue weighted by Gasteiger charge is -2.22. The Balaban J connectivity index is 0.000000671. The zero-order chi connectivity index (χ0) is 38.6. The second kappa shape index (κ2) is 23.7. The van der Waals surface area contributed by atoms with Crippen molar-refractivity contribution in [1.29, 1.82) is 0 Å². The van der Waals surface area contributed by atoms with Gasteiger partial charge < -0.3 is 15.2 Å². The van der Waals surface area contributed by atoms with E-state index in [2.05, 4.69) is 44.8 Å². The van der Waals surface area contributed by atoms with Gasteiger partial charge in [0.25, 0.3) is 5.91 Å². The Kier molecular flexibility index (Phi) is 21.1. The van der Waals surface area contributed by atoms with Gasteiger partial charge in [-0.05, 0) is 85.0 Å². The highest BCUT2D eigenvalue weighted by molar-refractivity contribution is 7.90. The normalized spacial score (nSPS) is 16.0. The Hall–Kier alpha value is -3.69. The van der Waals surface area contributed by atoms with Gasteiger partial charge in [-0.3, -0.25) is 9.69 Å². The molecule has 1 amide bonds. The highest BCUT2D eigenvalue weighted by atomic mass is 32.2. The number of carboxylic acids is 1. The summed E-state index contributed by atoms with van der Waals surface area (Å²) in [5.74, 6) is 0.435. The first-order chi connectivity index (χ1) is 24.2. The van der Waals surface area contributed by atoms with E-state index in [0.29, 0.717) is 17.5 Å². The summed E-state index contributed by atoms with van der Waals surface area (Å²) in [6.07, 6.45) is 5.87. The number of carboxylic acid groups (broad SMARTS) is 1. The van der Waals surface area contributed by atoms with Crippen LogP contribution in [0.1, 0.15) is 102 Å². The standard InChI is InChI=1S/C27H36N2O5S.C7H8O.C6H14.C2H6/c1-5-20-14-19(3)29(16-20)17-21-10-11-23(24(15-21)22-9-7-6-8-18(22)2)26(30)28-25(27(31)32)12-13-35(4,33)34;1-8-7-5-3-2-4-6-7;1-4-6(3)5-2;1-2/h6-11,15,19-20,25H,5,12-14,16-17H2,1-4H3,(H,28,30)(H,31,32);2-6H,1H3;6H,4-5H2,1-3H3;1-2H3. The van der Waals surface area contributed by atoms with Crippen LogP contribution in [0.3, 0.4) is 0 Å². The predicted molar refractivity (Wildman–Crippen MR) is 212 cm³/mol. The lowest BCUT2D eigenvalue weighted by atomic mass is 9.93. The second-order valence-corrected chi connectivity index (χ2v) is 15.5. The molecule has 1 aliphatic rings. The van der Waals surface area contributed by atoms with Crippen molar-refractivity contribution in [2.24, 2.45) is 11.8 Å². The molecule has 2 N–H and O–H groups in total. The van der Waals surface area contributed by atoms with Gasteiger partial charge in [0.05, 0.1) is 12.9 Å². The summed E-state index contributed by atoms with van der Waals surface area (Å²) < 4.78 is 28.0. The van der Waals surface area contributed by atoms with E-state index in [0.717, 1.165) is 53.3 Å². The molecule has 51 heavy (non-hydrogen) atoms. The zero-order valence-corrected chi connectivity index (χ0v) is 33.6. The largest absolute Gasteiger partial charge is 0.497 e. The summed E-state index contributed by atoms with van der Waals surface area (Å²) in [5, 5.41) is 12.1. The molecule has 3 atom stereocenters. The molecule has 0 radical (unpaired) electrons. The van der Waals surface area contributed by atoms with Crippen molar-refractivity contribution >= 4 is 21.7 Å². The summed E-state index contributed by atoms with van der Waals surface area (Å²) in [4.78, 5) is 27.4. The number of likely N-dealkylation sites (tertiary alicyclic amines) is 1. The van der Waals surface area contributed by atoms with E-state index in [4.69, 9.17) is 4.74 Å². The molecule has 1 aliphatic heterocycles. The van der Waals surface area contributed by atoms with Crippen LogP contribution in [0.4, 0.5) is 0 Å². The Morgan fingerprint density at radius 1 is 0.961 bits per heavy atom. The van der Waals surface area contributed by atoms with E-state index in [1.165, 1.54) is 25.7 Å². The van der Waals surface area contributed by atoms with Crippen LogP contribution in [0.5, 0.6) is 5.75 Å². The summed E-state index contributed by atoms with van der Waals surface area (Å²) in [6.45, 7) is 19.0. The van der Waals surface area contributed by atoms with E-state index >= 15 is 0 Å². The van der Waals surface area contributed by atoms with Crippen molar-refractivity contribution in [3.05, 3.63) is 89.5 Å². The number of aryl methyl sites for hydroxylation is 1. The van der Waals surface area contributed by atoms with Crippen LogP contribution in [0.2, 0.25) is 0 Å². The Morgan fingerprint density at radius 2 is 1.57 bits per heavy atom. The van der Waals surface area contributed by atoms with Gasteiger partial charge >= 0.3 is 5.97 Å². The van der Waals surface area contributed by atoms with Crippen LogP contribution in [-0.4, -0.2) is 68.0 Å². The number of sulfone groups is 1. The molecule has 8 nitrogen and oxygen atoms in total. The van der Waals surface area contributed by atoms with Crippen molar-refractivity contribution < 1.29 is 27.9 Å². The number of hydrogen-bond acceptors (Lipinski definition) is 6. The number of rotatable bonds is 13. The lowest BCUT2D eigenvalue weighted by Crippen LogP contribution is -2.42. The fourth-order valence-electron chi connectivity index (χ4n) is 5.62. The number of nitrogens with one attached hydrogen (secondary N) is 1. The number of amides is 1. The minimum atomic E-state index is -3.36. The molecule has 0 saturated carbocycles. The monoisotopic (exact) mass is 724 g/mol. The molecule has 4 rings (SSSR count). The van der Waals surface area contributed by atoms with Crippen molar-refractivity contribution in [3.63, 3.8) is 0 Å². The number of nitrogens with zero attached hydrogens (tertiary/aromatic N) is 1. The topological polar surface area (TPSA) is 113 Å². The van der Waals surface area contributed by atoms with E-state index < -0.39 is 27.8 Å². The van der Waals surface area contributed by atoms with E-state index in [-0.39, 0.29) is 12.2 Å². The molecule has 1 fully saturated rings. The van der Waals surface area contributed by atoms with Crippen LogP contribution in [0, 0.1) is 18.8 Å². The smallest absolute Gasteiger partial charge is 0.326 e. The fourth-order valence-corrected chi connectivity index (χ4v) is 6.29. The number of aliphatic carboxylic acids is 1. The molecular formula is C42H64N2O6S. The Morgan fingerprint density at radius 3 is 2.04 bits per heavy atom. The highest BCUT2D eigenvalue weighted by Crippen LogP contribution is 2.31. The first-order valence-corrected chi connectivity index (χ1v) is 20.5. The van der Waals surface area contributed by atoms with Crippen LogP contribution < -0.4 is 10.1 Å². The van der Waals surface area contributed by atoms with Gasteiger partial charge in [-0.25, -0.2) is 13.2 Å². The van der Waals surface area contributed by atoms with Gasteiger partial charge in [0.15, 0.2) is 0 Å². The molecule has 0 spiro atoms. The molecule has 9 heteroatoms. The quantitative estimate of drug-likeness (QED) is 0.181. The number of carbonyl (C=O) groups is 2. The SMILES string of the molecule is CC.CCC(C)CC.CCC1CC(C)N(Cc2ccc(C(=O)NC(CCS(C)(=O)=O)C(=O)O)c(-c3ccccc3C)c2)C1.COc1ccccc1. The molecule has 1 heterocycles. The van der Waals surface area contributed by atoms with Gasteiger partial charge in [0.1, 0.15) is 21.6 Å². The van der Waals surface area contributed by atoms with E-state index in [1.54, 1.807) is 13.2 Å². The summed E-state index contributed by atoms with van der Waals surface area (Å²) in [5.41, 5.74) is 4.11. The second-order valence-electron chi connectivity index (χ2n) is 13.2. The average molecular weight is 725 g/mol. The number of ether oxygens (including phenoxy) is 1. The van der Waals surface area contributed by atoms with Crippen LogP contribution in [-0.2, 0) is 21.2 Å². The number of hydrogen-bond donors (Lipinski definition) is 2. The summed E-state index contributed by atoms with van der Waals surface area (Å²) in [7, 11) is -1.69. The third-order valence-corrected chi connectivity index (χ3v) is 10.2. The maximum atomic E-state index is 13.2. The maximum absolute atomic E-state index is 13.2. The van der Waals surface area contributed by atoms with E-state index in [9.17, 15) is 23.1 Å². The molecule has 0 bridgehead atoms. The number of carbonyl (C=O) groups excluding carboxylic acids is 1. The van der Waals surface area contributed by atoms with Crippen molar-refractivity contribution in [2.75, 3.05) is 25.7 Å². The number of methoxy groups -OCH3 is 1. The molecule has 3 aromatic rings. The van der Waals surface area contributed by atoms with Crippen molar-refractivity contribution in [1.82, 2.24) is 10.2 Å². The van der Waals surface area contributed by atoms with Crippen LogP contribution in [0.25, 0.3) is 11.1 Å². The molecule has 3 aromatic carbocycles. The summed E-state index contributed by atoms with van der Waals surface area (Å²) in [6, 6.07) is 22.4. The Bertz CT molecular complexity index is 1560. The zero-order valence-electron chi connectivity index (χ0n) is 32.7. The first-order valence-electron chi connectivity index (χ1n) is 18.5.